The molecule has 1 aromatic heterocycles. The number of nitrogens with zero attached hydrogens (tertiary/aromatic N) is 3. The highest BCUT2D eigenvalue weighted by atomic mass is 15.3. The number of aryl methyl sites for hydroxylation is 2. The zero-order chi connectivity index (χ0) is 13.1. The summed E-state index contributed by atoms with van der Waals surface area (Å²) in [6.07, 6.45) is 3.20. The molecule has 17 heavy (non-hydrogen) atoms. The Morgan fingerprint density at radius 3 is 2.29 bits per heavy atom. The van der Waals surface area contributed by atoms with Crippen LogP contribution in [-0.2, 0) is 13.5 Å². The summed E-state index contributed by atoms with van der Waals surface area (Å²) in [6, 6.07) is 0. The standard InChI is InChI=1S/C13H26N4/c1-10-15-16-12(17(10)5)7-6-11(8-9-14)13(2,3)4/h11H,6-9,14H2,1-5H3. The maximum Gasteiger partial charge on any atom is 0.132 e. The van der Waals surface area contributed by atoms with Crippen molar-refractivity contribution in [1.29, 1.82) is 0 Å². The van der Waals surface area contributed by atoms with E-state index in [1.807, 2.05) is 14.0 Å². The lowest BCUT2D eigenvalue weighted by Gasteiger charge is -2.30. The largest absolute Gasteiger partial charge is 0.330 e. The zero-order valence-corrected chi connectivity index (χ0v) is 11.8. The number of rotatable bonds is 5. The van der Waals surface area contributed by atoms with Crippen LogP contribution in [-0.4, -0.2) is 21.3 Å². The fourth-order valence-corrected chi connectivity index (χ4v) is 2.18. The van der Waals surface area contributed by atoms with Gasteiger partial charge in [-0.25, -0.2) is 0 Å². The maximum absolute atomic E-state index is 5.70. The first-order chi connectivity index (χ1) is 7.86. The molecule has 0 aliphatic rings. The fourth-order valence-electron chi connectivity index (χ4n) is 2.18. The molecule has 0 saturated carbocycles. The number of hydrogen-bond acceptors (Lipinski definition) is 3. The molecule has 98 valence electrons. The van der Waals surface area contributed by atoms with Crippen molar-refractivity contribution in [3.8, 4) is 0 Å². The molecule has 0 saturated heterocycles. The van der Waals surface area contributed by atoms with Crippen LogP contribution >= 0.6 is 0 Å². The second-order valence-electron chi connectivity index (χ2n) is 5.90. The molecule has 0 bridgehead atoms. The van der Waals surface area contributed by atoms with Crippen molar-refractivity contribution < 1.29 is 0 Å². The zero-order valence-electron chi connectivity index (χ0n) is 11.8. The van der Waals surface area contributed by atoms with Gasteiger partial charge < -0.3 is 10.3 Å². The Kier molecular flexibility index (Phi) is 4.69. The third-order valence-corrected chi connectivity index (χ3v) is 3.64. The quantitative estimate of drug-likeness (QED) is 0.854. The van der Waals surface area contributed by atoms with Gasteiger partial charge in [-0.2, -0.15) is 0 Å². The molecule has 0 aliphatic carbocycles. The van der Waals surface area contributed by atoms with Crippen LogP contribution in [0.3, 0.4) is 0 Å². The van der Waals surface area contributed by atoms with E-state index in [2.05, 4.69) is 35.5 Å². The molecule has 0 aromatic carbocycles. The highest BCUT2D eigenvalue weighted by molar-refractivity contribution is 4.93. The van der Waals surface area contributed by atoms with Crippen LogP contribution in [0.1, 0.15) is 45.3 Å². The van der Waals surface area contributed by atoms with Gasteiger partial charge in [0.05, 0.1) is 0 Å². The molecular formula is C13H26N4. The summed E-state index contributed by atoms with van der Waals surface area (Å²) in [5.74, 6) is 2.70. The molecule has 2 N–H and O–H groups in total. The van der Waals surface area contributed by atoms with E-state index in [0.717, 1.165) is 37.5 Å². The first-order valence-corrected chi connectivity index (χ1v) is 6.41. The van der Waals surface area contributed by atoms with Crippen LogP contribution in [0.2, 0.25) is 0 Å². The molecule has 1 rings (SSSR count). The molecule has 0 amide bonds. The smallest absolute Gasteiger partial charge is 0.132 e. The van der Waals surface area contributed by atoms with E-state index in [9.17, 15) is 0 Å². The summed E-state index contributed by atoms with van der Waals surface area (Å²) in [7, 11) is 2.03. The number of nitrogens with two attached hydrogens (primary N) is 1. The van der Waals surface area contributed by atoms with Gasteiger partial charge in [0.25, 0.3) is 0 Å². The average Bonchev–Trinajstić information content (AvgIpc) is 2.53. The van der Waals surface area contributed by atoms with Crippen molar-refractivity contribution >= 4 is 0 Å². The van der Waals surface area contributed by atoms with Gasteiger partial charge in [0.2, 0.25) is 0 Å². The summed E-state index contributed by atoms with van der Waals surface area (Å²) in [4.78, 5) is 0. The number of hydrogen-bond donors (Lipinski definition) is 1. The molecule has 0 spiro atoms. The van der Waals surface area contributed by atoms with Gasteiger partial charge in [-0.05, 0) is 37.6 Å². The Hall–Kier alpha value is -0.900. The minimum absolute atomic E-state index is 0.313. The SMILES string of the molecule is Cc1nnc(CCC(CCN)C(C)(C)C)n1C. The normalized spacial score (nSPS) is 14.0. The summed E-state index contributed by atoms with van der Waals surface area (Å²) < 4.78 is 2.07. The van der Waals surface area contributed by atoms with E-state index in [1.54, 1.807) is 0 Å². The molecule has 0 radical (unpaired) electrons. The van der Waals surface area contributed by atoms with Crippen molar-refractivity contribution in [2.75, 3.05) is 6.54 Å². The summed E-state index contributed by atoms with van der Waals surface area (Å²) in [6.45, 7) is 9.61. The van der Waals surface area contributed by atoms with Crippen molar-refractivity contribution in [3.63, 3.8) is 0 Å². The molecule has 1 atom stereocenters. The van der Waals surface area contributed by atoms with Crippen LogP contribution < -0.4 is 5.73 Å². The molecule has 0 fully saturated rings. The highest BCUT2D eigenvalue weighted by Gasteiger charge is 2.24. The van der Waals surface area contributed by atoms with E-state index in [4.69, 9.17) is 5.73 Å². The lowest BCUT2D eigenvalue weighted by atomic mass is 9.76. The molecule has 4 nitrogen and oxygen atoms in total. The molecule has 4 heteroatoms. The van der Waals surface area contributed by atoms with Gasteiger partial charge in [0.1, 0.15) is 11.6 Å². The van der Waals surface area contributed by atoms with Crippen LogP contribution in [0, 0.1) is 18.3 Å². The van der Waals surface area contributed by atoms with Crippen LogP contribution in [0.4, 0.5) is 0 Å². The Balaban J connectivity index is 2.61. The predicted octanol–water partition coefficient (Wildman–Crippen LogP) is 2.07. The molecule has 1 aromatic rings. The Morgan fingerprint density at radius 1 is 1.24 bits per heavy atom. The summed E-state index contributed by atoms with van der Waals surface area (Å²) >= 11 is 0. The van der Waals surface area contributed by atoms with Crippen LogP contribution in [0.5, 0.6) is 0 Å². The van der Waals surface area contributed by atoms with Crippen LogP contribution in [0.15, 0.2) is 0 Å². The van der Waals surface area contributed by atoms with E-state index in [-0.39, 0.29) is 0 Å². The topological polar surface area (TPSA) is 56.7 Å². The van der Waals surface area contributed by atoms with Crippen molar-refractivity contribution in [3.05, 3.63) is 11.6 Å². The van der Waals surface area contributed by atoms with E-state index < -0.39 is 0 Å². The van der Waals surface area contributed by atoms with Gasteiger partial charge >= 0.3 is 0 Å². The first kappa shape index (κ1) is 14.2. The maximum atomic E-state index is 5.70. The van der Waals surface area contributed by atoms with Crippen molar-refractivity contribution in [2.24, 2.45) is 24.1 Å². The Labute approximate surface area is 105 Å². The van der Waals surface area contributed by atoms with Gasteiger partial charge in [-0.3, -0.25) is 0 Å². The molecule has 1 unspecified atom stereocenters. The minimum Gasteiger partial charge on any atom is -0.330 e. The summed E-state index contributed by atoms with van der Waals surface area (Å²) in [5.41, 5.74) is 6.01. The molecular weight excluding hydrogens is 212 g/mol. The first-order valence-electron chi connectivity index (χ1n) is 6.41. The minimum atomic E-state index is 0.313. The Morgan fingerprint density at radius 2 is 1.88 bits per heavy atom. The van der Waals surface area contributed by atoms with Crippen LogP contribution in [0.25, 0.3) is 0 Å². The predicted molar refractivity (Wildman–Crippen MR) is 70.7 cm³/mol. The van der Waals surface area contributed by atoms with Gasteiger partial charge in [-0.1, -0.05) is 20.8 Å². The average molecular weight is 238 g/mol. The van der Waals surface area contributed by atoms with Gasteiger partial charge in [-0.15, -0.1) is 10.2 Å². The van der Waals surface area contributed by atoms with Gasteiger partial charge in [0, 0.05) is 13.5 Å². The van der Waals surface area contributed by atoms with Crippen molar-refractivity contribution in [2.45, 2.75) is 47.0 Å². The number of aromatic nitrogens is 3. The monoisotopic (exact) mass is 238 g/mol. The molecule has 0 aliphatic heterocycles. The molecule has 1 heterocycles. The lowest BCUT2D eigenvalue weighted by Crippen LogP contribution is -2.24. The van der Waals surface area contributed by atoms with E-state index >= 15 is 0 Å². The lowest BCUT2D eigenvalue weighted by molar-refractivity contribution is 0.213. The summed E-state index contributed by atoms with van der Waals surface area (Å²) in [5, 5.41) is 8.30. The second-order valence-corrected chi connectivity index (χ2v) is 5.90. The van der Waals surface area contributed by atoms with Crippen molar-refractivity contribution in [1.82, 2.24) is 14.8 Å². The highest BCUT2D eigenvalue weighted by Crippen LogP contribution is 2.31. The van der Waals surface area contributed by atoms with Gasteiger partial charge in [0.15, 0.2) is 0 Å². The third kappa shape index (κ3) is 3.80. The van der Waals surface area contributed by atoms with E-state index in [1.165, 1.54) is 0 Å². The fraction of sp³-hybridized carbons (Fsp3) is 0.846. The Bertz CT molecular complexity index is 349. The second kappa shape index (κ2) is 5.63. The van der Waals surface area contributed by atoms with E-state index in [0.29, 0.717) is 11.3 Å². The third-order valence-electron chi connectivity index (χ3n) is 3.64.